The van der Waals surface area contributed by atoms with Crippen LogP contribution in [0.2, 0.25) is 0 Å². The number of phenols is 1. The van der Waals surface area contributed by atoms with E-state index >= 15 is 0 Å². The molecule has 7 atom stereocenters. The largest absolute Gasteiger partial charge is 0.507 e. The van der Waals surface area contributed by atoms with Crippen LogP contribution in [0.1, 0.15) is 27.9 Å². The molecule has 1 amide bonds. The van der Waals surface area contributed by atoms with E-state index < -0.39 is 76.4 Å². The van der Waals surface area contributed by atoms with Gasteiger partial charge in [-0.3, -0.25) is 19.2 Å². The van der Waals surface area contributed by atoms with Crippen molar-refractivity contribution in [3.05, 3.63) is 28.8 Å². The first kappa shape index (κ1) is 24.5. The van der Waals surface area contributed by atoms with E-state index in [-0.39, 0.29) is 29.5 Å². The number of hydrogen-bond donors (Lipinski definition) is 5. The third-order valence-corrected chi connectivity index (χ3v) is 7.48. The normalized spacial score (nSPS) is 33.8. The van der Waals surface area contributed by atoms with Gasteiger partial charge in [0, 0.05) is 23.4 Å². The van der Waals surface area contributed by atoms with Crippen LogP contribution in [-0.2, 0) is 25.6 Å². The molecule has 11 heteroatoms. The fourth-order valence-electron chi connectivity index (χ4n) is 6.06. The maximum Gasteiger partial charge on any atom is 0.382 e. The number of Topliss-reactive ketones (excluding diaryl/α,β-unsaturated/α-hetero) is 3. The molecule has 6 N–H and O–H groups in total. The highest BCUT2D eigenvalue weighted by atomic mass is 16.4. The van der Waals surface area contributed by atoms with E-state index in [0.29, 0.717) is 0 Å². The number of nitrogens with zero attached hydrogens (tertiary/aromatic N) is 1. The van der Waals surface area contributed by atoms with E-state index in [9.17, 15) is 39.3 Å². The van der Waals surface area contributed by atoms with Gasteiger partial charge in [0.25, 0.3) is 0 Å². The smallest absolute Gasteiger partial charge is 0.382 e. The van der Waals surface area contributed by atoms with Gasteiger partial charge in [-0.05, 0) is 50.6 Å². The van der Waals surface area contributed by atoms with Gasteiger partial charge in [-0.1, -0.05) is 5.92 Å². The number of nitrogens with two attached hydrogens (primary N) is 1. The van der Waals surface area contributed by atoms with Crippen LogP contribution in [0.4, 0.5) is 0 Å². The second-order valence-corrected chi connectivity index (χ2v) is 9.51. The molecule has 1 aromatic rings. The number of likely N-dealkylation sites (N-methyl/N-ethyl adjacent to an activating group) is 1. The second-order valence-electron chi connectivity index (χ2n) is 9.51. The minimum Gasteiger partial charge on any atom is -0.507 e. The first-order valence-electron chi connectivity index (χ1n) is 10.9. The van der Waals surface area contributed by atoms with Crippen molar-refractivity contribution in [3.63, 3.8) is 0 Å². The Morgan fingerprint density at radius 2 is 1.83 bits per heavy atom. The summed E-state index contributed by atoms with van der Waals surface area (Å²) in [6.07, 6.45) is -1.60. The maximum absolute atomic E-state index is 13.7. The molecule has 0 spiro atoms. The molecule has 184 valence electrons. The van der Waals surface area contributed by atoms with Crippen LogP contribution in [0.3, 0.4) is 0 Å². The Morgan fingerprint density at radius 1 is 1.17 bits per heavy atom. The minimum atomic E-state index is -2.74. The average molecular weight is 484 g/mol. The highest BCUT2D eigenvalue weighted by molar-refractivity contribution is 6.25. The number of phenolic OH excluding ortho intramolecular Hbond substituents is 1. The molecule has 2 saturated carbocycles. The van der Waals surface area contributed by atoms with Crippen molar-refractivity contribution in [2.24, 2.45) is 29.4 Å². The molecule has 0 bridgehead atoms. The van der Waals surface area contributed by atoms with Gasteiger partial charge in [0.05, 0.1) is 17.6 Å². The van der Waals surface area contributed by atoms with Crippen molar-refractivity contribution in [2.75, 3.05) is 14.1 Å². The quantitative estimate of drug-likeness (QED) is 0.233. The van der Waals surface area contributed by atoms with Crippen molar-refractivity contribution in [1.29, 1.82) is 0 Å². The van der Waals surface area contributed by atoms with Gasteiger partial charge in [0.1, 0.15) is 11.7 Å². The Hall–Kier alpha value is -3.59. The third-order valence-electron chi connectivity index (χ3n) is 7.48. The lowest BCUT2D eigenvalue weighted by atomic mass is 9.52. The number of carboxylic acid groups (broad SMARTS) is 1. The second kappa shape index (κ2) is 8.27. The number of benzene rings is 1. The molecule has 2 fully saturated rings. The average Bonchev–Trinajstić information content (AvgIpc) is 2.75. The number of ketones is 3. The van der Waals surface area contributed by atoms with Crippen LogP contribution < -0.4 is 5.73 Å². The molecule has 0 radical (unpaired) electrons. The molecular formula is C24H24N2O9. The summed E-state index contributed by atoms with van der Waals surface area (Å²) in [5, 5.41) is 41.6. The van der Waals surface area contributed by atoms with E-state index in [0.717, 1.165) is 6.07 Å². The summed E-state index contributed by atoms with van der Waals surface area (Å²) in [5.74, 6) is -7.02. The SMILES string of the molecule is CN(C)[C@H]1C(O)C(C(N)=O)C(=O)[C@]2(O)C(=O)C3C(=O)c4c(O)ccc(C#CC(=O)O)c4C[C@@H]3C[C@H]12. The molecule has 0 heterocycles. The van der Waals surface area contributed by atoms with Gasteiger partial charge in [-0.15, -0.1) is 0 Å². The zero-order valence-electron chi connectivity index (χ0n) is 18.9. The molecule has 3 aliphatic carbocycles. The number of aliphatic carboxylic acids is 1. The molecule has 11 nitrogen and oxygen atoms in total. The van der Waals surface area contributed by atoms with Crippen molar-refractivity contribution in [2.45, 2.75) is 30.6 Å². The molecule has 1 aromatic carbocycles. The lowest BCUT2D eigenvalue weighted by Gasteiger charge is -2.54. The summed E-state index contributed by atoms with van der Waals surface area (Å²) in [6, 6.07) is 1.51. The Bertz CT molecular complexity index is 1240. The zero-order chi connectivity index (χ0) is 26.0. The van der Waals surface area contributed by atoms with Crippen LogP contribution >= 0.6 is 0 Å². The first-order valence-corrected chi connectivity index (χ1v) is 10.9. The fraction of sp³-hybridized carbons (Fsp3) is 0.458. The van der Waals surface area contributed by atoms with Crippen LogP contribution in [-0.4, -0.2) is 86.4 Å². The van der Waals surface area contributed by atoms with Crippen molar-refractivity contribution in [1.82, 2.24) is 4.90 Å². The first-order chi connectivity index (χ1) is 16.3. The number of carboxylic acids is 1. The monoisotopic (exact) mass is 484 g/mol. The predicted octanol–water partition coefficient (Wildman–Crippen LogP) is -1.91. The molecule has 4 rings (SSSR count). The number of aliphatic hydroxyl groups excluding tert-OH is 1. The number of amides is 1. The van der Waals surface area contributed by atoms with Gasteiger partial charge in [-0.25, -0.2) is 4.79 Å². The summed E-state index contributed by atoms with van der Waals surface area (Å²) in [5.41, 5.74) is 2.83. The topological polar surface area (TPSA) is 196 Å². The summed E-state index contributed by atoms with van der Waals surface area (Å²) in [7, 11) is 3.11. The molecule has 3 unspecified atom stereocenters. The zero-order valence-corrected chi connectivity index (χ0v) is 18.9. The number of carbonyl (C=O) groups excluding carboxylic acids is 4. The van der Waals surface area contributed by atoms with Gasteiger partial charge in [0.15, 0.2) is 23.0 Å². The van der Waals surface area contributed by atoms with Crippen LogP contribution in [0.25, 0.3) is 0 Å². The van der Waals surface area contributed by atoms with Gasteiger partial charge in [0.2, 0.25) is 5.91 Å². The van der Waals surface area contributed by atoms with Crippen molar-refractivity contribution in [3.8, 4) is 17.6 Å². The molecule has 0 aliphatic heterocycles. The number of hydrogen-bond acceptors (Lipinski definition) is 9. The summed E-state index contributed by atoms with van der Waals surface area (Å²) in [6.45, 7) is 0. The lowest BCUT2D eigenvalue weighted by Crippen LogP contribution is -2.75. The number of rotatable bonds is 2. The molecule has 0 aromatic heterocycles. The Balaban J connectivity index is 1.87. The standard InChI is InChI=1S/C24H24N2O9/c1-26(2)18-12-8-10-7-11-9(4-6-14(28)29)3-5-13(27)16(11)19(30)15(10)21(32)24(12,35)22(33)17(20(18)31)23(25)34/h3,5,10,12,15,17-18,20,27,31,35H,7-8H2,1-2H3,(H2,25,34)(H,28,29)/t10-,12-,15?,17?,18-,20?,24-/m1/s1. The lowest BCUT2D eigenvalue weighted by molar-refractivity contribution is -0.190. The Kier molecular flexibility index (Phi) is 5.79. The minimum absolute atomic E-state index is 0.0335. The van der Waals surface area contributed by atoms with E-state index in [1.807, 2.05) is 5.92 Å². The van der Waals surface area contributed by atoms with E-state index in [1.54, 1.807) is 14.1 Å². The van der Waals surface area contributed by atoms with Crippen molar-refractivity contribution >= 4 is 29.2 Å². The number of aliphatic hydroxyl groups is 2. The van der Waals surface area contributed by atoms with Crippen LogP contribution in [0, 0.1) is 35.5 Å². The Labute approximate surface area is 199 Å². The molecule has 35 heavy (non-hydrogen) atoms. The maximum atomic E-state index is 13.7. The molecular weight excluding hydrogens is 460 g/mol. The van der Waals surface area contributed by atoms with E-state index in [1.165, 1.54) is 11.0 Å². The van der Waals surface area contributed by atoms with Gasteiger partial charge >= 0.3 is 5.97 Å². The third kappa shape index (κ3) is 3.44. The number of fused-ring (bicyclic) bond motifs is 3. The van der Waals surface area contributed by atoms with Gasteiger partial charge in [-0.2, -0.15) is 0 Å². The Morgan fingerprint density at radius 3 is 2.40 bits per heavy atom. The summed E-state index contributed by atoms with van der Waals surface area (Å²) in [4.78, 5) is 64.8. The summed E-state index contributed by atoms with van der Waals surface area (Å²) >= 11 is 0. The fourth-order valence-corrected chi connectivity index (χ4v) is 6.06. The van der Waals surface area contributed by atoms with Gasteiger partial charge < -0.3 is 31.1 Å². The highest BCUT2D eigenvalue weighted by Gasteiger charge is 2.69. The number of carbonyl (C=O) groups is 5. The summed E-state index contributed by atoms with van der Waals surface area (Å²) < 4.78 is 0. The predicted molar refractivity (Wildman–Crippen MR) is 117 cm³/mol. The van der Waals surface area contributed by atoms with E-state index in [2.05, 4.69) is 5.92 Å². The van der Waals surface area contributed by atoms with Crippen molar-refractivity contribution < 1.29 is 44.4 Å². The molecule has 0 saturated heterocycles. The molecule has 3 aliphatic rings. The van der Waals surface area contributed by atoms with Crippen LogP contribution in [0.15, 0.2) is 12.1 Å². The highest BCUT2D eigenvalue weighted by Crippen LogP contribution is 2.51. The van der Waals surface area contributed by atoms with E-state index in [4.69, 9.17) is 10.8 Å². The number of aromatic hydroxyl groups is 1. The number of primary amides is 1. The van der Waals surface area contributed by atoms with Crippen LogP contribution in [0.5, 0.6) is 5.75 Å².